The molecule has 0 spiro atoms. The van der Waals surface area contributed by atoms with E-state index < -0.39 is 29.2 Å². The summed E-state index contributed by atoms with van der Waals surface area (Å²) in [4.78, 5) is 38.0. The Balaban J connectivity index is 1.61. The number of rotatable bonds is 8. The van der Waals surface area contributed by atoms with Gasteiger partial charge in [0.05, 0.1) is 5.94 Å². The third-order valence-corrected chi connectivity index (χ3v) is 6.42. The molecule has 10 heteroatoms. The van der Waals surface area contributed by atoms with Crippen LogP contribution in [0.3, 0.4) is 0 Å². The highest BCUT2D eigenvalue weighted by molar-refractivity contribution is 8.06. The van der Waals surface area contributed by atoms with Crippen LogP contribution in [0.25, 0.3) is 0 Å². The number of fused-ring (bicyclic) bond motifs is 1. The van der Waals surface area contributed by atoms with E-state index in [1.54, 1.807) is 24.3 Å². The van der Waals surface area contributed by atoms with Crippen LogP contribution in [0, 0.1) is 0 Å². The van der Waals surface area contributed by atoms with Crippen LogP contribution >= 0.6 is 23.5 Å². The monoisotopic (exact) mass is 410 g/mol. The summed E-state index contributed by atoms with van der Waals surface area (Å²) >= 11 is 2.66. The Morgan fingerprint density at radius 1 is 1.37 bits per heavy atom. The van der Waals surface area contributed by atoms with Crippen molar-refractivity contribution in [1.82, 2.24) is 10.2 Å². The summed E-state index contributed by atoms with van der Waals surface area (Å²) in [5.74, 6) is -0.736. The zero-order valence-corrected chi connectivity index (χ0v) is 16.0. The maximum atomic E-state index is 12.5. The highest BCUT2D eigenvalue weighted by Crippen LogP contribution is 2.43. The lowest BCUT2D eigenvalue weighted by Crippen LogP contribution is -2.70. The van der Waals surface area contributed by atoms with E-state index in [1.807, 2.05) is 6.07 Å². The zero-order valence-electron chi connectivity index (χ0n) is 14.4. The minimum Gasteiger partial charge on any atom is -0.484 e. The number of ether oxygens (including phenoxy) is 2. The van der Waals surface area contributed by atoms with E-state index in [0.29, 0.717) is 22.3 Å². The molecule has 0 bridgehead atoms. The van der Waals surface area contributed by atoms with Gasteiger partial charge in [-0.1, -0.05) is 30.0 Å². The lowest BCUT2D eigenvalue weighted by molar-refractivity contribution is -0.150. The minimum atomic E-state index is -1.16. The average molecular weight is 410 g/mol. The van der Waals surface area contributed by atoms with E-state index in [4.69, 9.17) is 9.47 Å². The number of aliphatic carboxylic acids is 1. The number of para-hydroxylation sites is 1. The smallest absolute Gasteiger partial charge is 0.353 e. The molecule has 1 aromatic rings. The first-order chi connectivity index (χ1) is 13.0. The van der Waals surface area contributed by atoms with Crippen LogP contribution < -0.4 is 10.1 Å². The number of carboxylic acids is 1. The molecule has 1 fully saturated rings. The van der Waals surface area contributed by atoms with Gasteiger partial charge in [0.2, 0.25) is 0 Å². The fourth-order valence-electron chi connectivity index (χ4n) is 2.71. The topological polar surface area (TPSA) is 105 Å². The standard InChI is InChI=1S/C17H18N2O6S2/c1-24-9-27-11-8-26-16-13(15(21)19(16)14(11)17(22)23)18-12(20)7-25-10-5-3-2-4-6-10/h2-6,13,16H,7-9H2,1H3,(H,18,20)(H,22,23)/t13-,16-/m1/s1. The lowest BCUT2D eigenvalue weighted by Gasteiger charge is -2.49. The average Bonchev–Trinajstić information content (AvgIpc) is 2.68. The number of nitrogens with one attached hydrogen (secondary N) is 1. The van der Waals surface area contributed by atoms with E-state index in [1.165, 1.54) is 35.5 Å². The normalized spacial score (nSPS) is 21.4. The van der Waals surface area contributed by atoms with E-state index in [2.05, 4.69) is 5.32 Å². The van der Waals surface area contributed by atoms with Gasteiger partial charge in [0.25, 0.3) is 11.8 Å². The Bertz CT molecular complexity index is 770. The molecule has 2 amide bonds. The van der Waals surface area contributed by atoms with Crippen LogP contribution in [0.2, 0.25) is 0 Å². The van der Waals surface area contributed by atoms with Crippen LogP contribution in [0.5, 0.6) is 5.75 Å². The van der Waals surface area contributed by atoms with Gasteiger partial charge in [-0.2, -0.15) is 0 Å². The number of carbonyl (C=O) groups excluding carboxylic acids is 2. The molecule has 2 N–H and O–H groups in total. The molecule has 2 atom stereocenters. The third-order valence-electron chi connectivity index (χ3n) is 3.92. The van der Waals surface area contributed by atoms with Crippen molar-refractivity contribution >= 4 is 41.3 Å². The summed E-state index contributed by atoms with van der Waals surface area (Å²) < 4.78 is 10.3. The van der Waals surface area contributed by atoms with Crippen molar-refractivity contribution < 1.29 is 29.0 Å². The van der Waals surface area contributed by atoms with Crippen LogP contribution in [0.1, 0.15) is 0 Å². The van der Waals surface area contributed by atoms with E-state index >= 15 is 0 Å². The second kappa shape index (κ2) is 8.68. The maximum absolute atomic E-state index is 12.5. The number of carboxylic acid groups (broad SMARTS) is 1. The molecular weight excluding hydrogens is 392 g/mol. The van der Waals surface area contributed by atoms with Gasteiger partial charge < -0.3 is 19.9 Å². The van der Waals surface area contributed by atoms with E-state index in [-0.39, 0.29) is 12.3 Å². The Hall–Kier alpha value is -2.17. The van der Waals surface area contributed by atoms with Gasteiger partial charge in [-0.3, -0.25) is 14.5 Å². The van der Waals surface area contributed by atoms with Crippen molar-refractivity contribution in [3.05, 3.63) is 40.9 Å². The number of hydrogen-bond donors (Lipinski definition) is 2. The first-order valence-corrected chi connectivity index (χ1v) is 10.1. The molecule has 2 aliphatic rings. The maximum Gasteiger partial charge on any atom is 0.353 e. The van der Waals surface area contributed by atoms with Gasteiger partial charge in [-0.15, -0.1) is 11.8 Å². The Labute approximate surface area is 164 Å². The zero-order chi connectivity index (χ0) is 19.4. The molecule has 0 aromatic heterocycles. The highest BCUT2D eigenvalue weighted by atomic mass is 32.2. The number of benzene rings is 1. The highest BCUT2D eigenvalue weighted by Gasteiger charge is 2.54. The number of methoxy groups -OCH3 is 1. The molecule has 1 aromatic carbocycles. The van der Waals surface area contributed by atoms with Crippen molar-refractivity contribution in [1.29, 1.82) is 0 Å². The first kappa shape index (κ1) is 19.6. The molecule has 0 aliphatic carbocycles. The molecule has 1 saturated heterocycles. The van der Waals surface area contributed by atoms with Crippen LogP contribution in [0.15, 0.2) is 40.9 Å². The quantitative estimate of drug-likeness (QED) is 0.485. The second-order valence-electron chi connectivity index (χ2n) is 5.68. The fourth-order valence-corrected chi connectivity index (χ4v) is 5.03. The summed E-state index contributed by atoms with van der Waals surface area (Å²) in [6.07, 6.45) is 0. The molecule has 144 valence electrons. The number of hydrogen-bond acceptors (Lipinski definition) is 7. The molecule has 2 heterocycles. The Morgan fingerprint density at radius 3 is 2.78 bits per heavy atom. The largest absolute Gasteiger partial charge is 0.484 e. The van der Waals surface area contributed by atoms with Crippen LogP contribution in [-0.2, 0) is 19.1 Å². The molecule has 0 radical (unpaired) electrons. The van der Waals surface area contributed by atoms with Crippen molar-refractivity contribution in [2.75, 3.05) is 25.4 Å². The molecule has 27 heavy (non-hydrogen) atoms. The van der Waals surface area contributed by atoms with Gasteiger partial charge >= 0.3 is 5.97 Å². The SMILES string of the molecule is COCSC1=C(C(=O)O)N2C(=O)[C@@H](NC(=O)COc3ccccc3)[C@H]2SC1. The Kier molecular flexibility index (Phi) is 6.30. The number of β-lactam (4-membered cyclic amide) rings is 1. The van der Waals surface area contributed by atoms with Crippen molar-refractivity contribution in [3.8, 4) is 5.75 Å². The van der Waals surface area contributed by atoms with Crippen LogP contribution in [-0.4, -0.2) is 64.6 Å². The van der Waals surface area contributed by atoms with Crippen LogP contribution in [0.4, 0.5) is 0 Å². The summed E-state index contributed by atoms with van der Waals surface area (Å²) in [5.41, 5.74) is -0.0307. The number of thioether (sulfide) groups is 2. The van der Waals surface area contributed by atoms with Gasteiger partial charge in [-0.25, -0.2) is 4.79 Å². The molecular formula is C17H18N2O6S2. The minimum absolute atomic E-state index is 0.0307. The first-order valence-electron chi connectivity index (χ1n) is 8.03. The van der Waals surface area contributed by atoms with Crippen molar-refractivity contribution in [2.24, 2.45) is 0 Å². The predicted molar refractivity (Wildman–Crippen MR) is 101 cm³/mol. The summed E-state index contributed by atoms with van der Waals surface area (Å²) in [6, 6.07) is 8.11. The lowest BCUT2D eigenvalue weighted by atomic mass is 10.1. The van der Waals surface area contributed by atoms with Gasteiger partial charge in [0, 0.05) is 17.8 Å². The molecule has 3 rings (SSSR count). The molecule has 0 unspecified atom stereocenters. The number of amides is 2. The van der Waals surface area contributed by atoms with Gasteiger partial charge in [-0.05, 0) is 12.1 Å². The predicted octanol–water partition coefficient (Wildman–Crippen LogP) is 1.10. The van der Waals surface area contributed by atoms with Gasteiger partial charge in [0.1, 0.15) is 22.9 Å². The molecule has 2 aliphatic heterocycles. The Morgan fingerprint density at radius 2 is 2.11 bits per heavy atom. The number of carbonyl (C=O) groups is 3. The van der Waals surface area contributed by atoms with E-state index in [9.17, 15) is 19.5 Å². The second-order valence-corrected chi connectivity index (χ2v) is 7.81. The summed E-state index contributed by atoms with van der Waals surface area (Å²) in [6.45, 7) is -0.220. The van der Waals surface area contributed by atoms with Crippen molar-refractivity contribution in [3.63, 3.8) is 0 Å². The summed E-state index contributed by atoms with van der Waals surface area (Å²) in [7, 11) is 1.52. The fraction of sp³-hybridized carbons (Fsp3) is 0.353. The number of nitrogens with zero attached hydrogens (tertiary/aromatic N) is 1. The molecule has 8 nitrogen and oxygen atoms in total. The van der Waals surface area contributed by atoms with Gasteiger partial charge in [0.15, 0.2) is 6.61 Å². The molecule has 0 saturated carbocycles. The summed E-state index contributed by atoms with van der Waals surface area (Å²) in [5, 5.41) is 11.7. The third kappa shape index (κ3) is 4.23. The van der Waals surface area contributed by atoms with Crippen molar-refractivity contribution in [2.45, 2.75) is 11.4 Å². The van der Waals surface area contributed by atoms with E-state index in [0.717, 1.165) is 0 Å².